The van der Waals surface area contributed by atoms with Gasteiger partial charge in [0.2, 0.25) is 0 Å². The molecule has 0 bridgehead atoms. The van der Waals surface area contributed by atoms with E-state index in [9.17, 15) is 25.5 Å². The van der Waals surface area contributed by atoms with Crippen molar-refractivity contribution in [1.82, 2.24) is 0 Å². The van der Waals surface area contributed by atoms with Gasteiger partial charge in [-0.2, -0.15) is 0 Å². The van der Waals surface area contributed by atoms with Crippen molar-refractivity contribution in [3.63, 3.8) is 0 Å². The van der Waals surface area contributed by atoms with E-state index in [2.05, 4.69) is 0 Å². The minimum absolute atomic E-state index is 0.965. The van der Waals surface area contributed by atoms with E-state index in [0.29, 0.717) is 0 Å². The second kappa shape index (κ2) is 3.70. The highest BCUT2D eigenvalue weighted by Crippen LogP contribution is 2.28. The third-order valence-corrected chi connectivity index (χ3v) is 2.71. The van der Waals surface area contributed by atoms with E-state index in [1.807, 2.05) is 0 Å². The standard InChI is InChI=1S/C7H15NO6/c8-2-3(10)4(11)6(13)7(14,1-9)5(2)12/h2-6,9-14H,1,8H2/t2-,3-,4+,5+,6-,7+/m0/s1. The van der Waals surface area contributed by atoms with Crippen LogP contribution in [0.4, 0.5) is 0 Å². The van der Waals surface area contributed by atoms with E-state index in [1.165, 1.54) is 0 Å². The average molecular weight is 209 g/mol. The summed E-state index contributed by atoms with van der Waals surface area (Å²) in [6.07, 6.45) is -6.81. The lowest BCUT2D eigenvalue weighted by Crippen LogP contribution is -2.74. The van der Waals surface area contributed by atoms with E-state index in [0.717, 1.165) is 0 Å². The Balaban J connectivity index is 2.98. The van der Waals surface area contributed by atoms with Crippen LogP contribution in [-0.4, -0.2) is 73.3 Å². The van der Waals surface area contributed by atoms with Crippen LogP contribution in [0.2, 0.25) is 0 Å². The predicted molar refractivity (Wildman–Crippen MR) is 44.0 cm³/mol. The van der Waals surface area contributed by atoms with Gasteiger partial charge >= 0.3 is 0 Å². The third kappa shape index (κ3) is 1.43. The van der Waals surface area contributed by atoms with Gasteiger partial charge in [0.1, 0.15) is 30.0 Å². The molecule has 0 aromatic carbocycles. The summed E-state index contributed by atoms with van der Waals surface area (Å²) in [6, 6.07) is -1.33. The van der Waals surface area contributed by atoms with E-state index in [-0.39, 0.29) is 0 Å². The molecule has 0 aliphatic heterocycles. The van der Waals surface area contributed by atoms with Crippen LogP contribution in [0.25, 0.3) is 0 Å². The smallest absolute Gasteiger partial charge is 0.143 e. The molecule has 0 amide bonds. The number of aliphatic hydroxyl groups excluding tert-OH is 5. The van der Waals surface area contributed by atoms with Crippen molar-refractivity contribution < 1.29 is 30.6 Å². The quantitative estimate of drug-likeness (QED) is 0.230. The fraction of sp³-hybridized carbons (Fsp3) is 1.00. The minimum Gasteiger partial charge on any atom is -0.393 e. The maximum Gasteiger partial charge on any atom is 0.143 e. The Labute approximate surface area is 80.0 Å². The summed E-state index contributed by atoms with van der Waals surface area (Å²) in [6.45, 7) is -0.965. The zero-order valence-corrected chi connectivity index (χ0v) is 7.35. The van der Waals surface area contributed by atoms with Gasteiger partial charge in [0, 0.05) is 0 Å². The molecule has 1 fully saturated rings. The molecule has 1 saturated carbocycles. The summed E-state index contributed by atoms with van der Waals surface area (Å²) in [4.78, 5) is 0. The molecule has 14 heavy (non-hydrogen) atoms. The van der Waals surface area contributed by atoms with Gasteiger partial charge in [-0.15, -0.1) is 0 Å². The van der Waals surface area contributed by atoms with Crippen LogP contribution < -0.4 is 5.73 Å². The average Bonchev–Trinajstić information content (AvgIpc) is 2.21. The maximum atomic E-state index is 9.57. The third-order valence-electron chi connectivity index (χ3n) is 2.71. The normalized spacial score (nSPS) is 54.6. The summed E-state index contributed by atoms with van der Waals surface area (Å²) in [5.74, 6) is 0. The van der Waals surface area contributed by atoms with Gasteiger partial charge < -0.3 is 36.4 Å². The van der Waals surface area contributed by atoms with E-state index >= 15 is 0 Å². The highest BCUT2D eigenvalue weighted by atomic mass is 16.4. The molecule has 1 aliphatic rings. The Morgan fingerprint density at radius 1 is 1.00 bits per heavy atom. The van der Waals surface area contributed by atoms with Gasteiger partial charge in [0.15, 0.2) is 0 Å². The summed E-state index contributed by atoms with van der Waals surface area (Å²) in [5.41, 5.74) is 2.98. The number of hydrogen-bond donors (Lipinski definition) is 7. The van der Waals surface area contributed by atoms with Gasteiger partial charge in [-0.3, -0.25) is 0 Å². The summed E-state index contributed by atoms with van der Waals surface area (Å²) in [7, 11) is 0. The lowest BCUT2D eigenvalue weighted by Gasteiger charge is -2.47. The van der Waals surface area contributed by atoms with Gasteiger partial charge in [-0.05, 0) is 0 Å². The molecule has 0 spiro atoms. The molecule has 7 heteroatoms. The molecule has 6 atom stereocenters. The minimum atomic E-state index is -2.31. The summed E-state index contributed by atoms with van der Waals surface area (Å²) < 4.78 is 0. The van der Waals surface area contributed by atoms with Crippen molar-refractivity contribution in [3.05, 3.63) is 0 Å². The first-order valence-electron chi connectivity index (χ1n) is 4.17. The first-order chi connectivity index (χ1) is 6.36. The SMILES string of the molecule is N[C@H]1[C@H](O)[C@@H](O)[C@H](O)[C@@](O)(CO)[C@@H]1O. The van der Waals surface area contributed by atoms with Crippen molar-refractivity contribution in [2.45, 2.75) is 36.1 Å². The molecule has 7 nitrogen and oxygen atoms in total. The molecule has 0 unspecified atom stereocenters. The topological polar surface area (TPSA) is 147 Å². The lowest BCUT2D eigenvalue weighted by atomic mass is 9.74. The van der Waals surface area contributed by atoms with Gasteiger partial charge in [-0.25, -0.2) is 0 Å². The van der Waals surface area contributed by atoms with Crippen molar-refractivity contribution in [2.24, 2.45) is 5.73 Å². The van der Waals surface area contributed by atoms with Gasteiger partial charge in [-0.1, -0.05) is 0 Å². The first-order valence-corrected chi connectivity index (χ1v) is 4.17. The number of hydrogen-bond acceptors (Lipinski definition) is 7. The van der Waals surface area contributed by atoms with Crippen molar-refractivity contribution in [2.75, 3.05) is 6.61 Å². The number of aliphatic hydroxyl groups is 6. The largest absolute Gasteiger partial charge is 0.393 e. The Morgan fingerprint density at radius 2 is 1.50 bits per heavy atom. The van der Waals surface area contributed by atoms with Crippen LogP contribution in [0, 0.1) is 0 Å². The fourth-order valence-corrected chi connectivity index (χ4v) is 1.59. The molecular weight excluding hydrogens is 194 g/mol. The highest BCUT2D eigenvalue weighted by Gasteiger charge is 2.56. The molecule has 8 N–H and O–H groups in total. The number of rotatable bonds is 1. The Kier molecular flexibility index (Phi) is 3.12. The molecule has 0 radical (unpaired) electrons. The molecule has 84 valence electrons. The highest BCUT2D eigenvalue weighted by molar-refractivity contribution is 5.09. The molecule has 0 aromatic rings. The molecule has 0 heterocycles. The van der Waals surface area contributed by atoms with Gasteiger partial charge in [0.05, 0.1) is 12.6 Å². The second-order valence-corrected chi connectivity index (χ2v) is 3.60. The van der Waals surface area contributed by atoms with Crippen molar-refractivity contribution in [3.8, 4) is 0 Å². The maximum absolute atomic E-state index is 9.57. The number of nitrogens with two attached hydrogens (primary N) is 1. The monoisotopic (exact) mass is 209 g/mol. The molecule has 1 rings (SSSR count). The zero-order valence-electron chi connectivity index (χ0n) is 7.35. The van der Waals surface area contributed by atoms with Crippen molar-refractivity contribution >= 4 is 0 Å². The summed E-state index contributed by atoms with van der Waals surface area (Å²) >= 11 is 0. The van der Waals surface area contributed by atoms with Crippen molar-refractivity contribution in [1.29, 1.82) is 0 Å². The van der Waals surface area contributed by atoms with E-state index < -0.39 is 42.7 Å². The van der Waals surface area contributed by atoms with Crippen LogP contribution in [0.5, 0.6) is 0 Å². The predicted octanol–water partition coefficient (Wildman–Crippen LogP) is -4.51. The van der Waals surface area contributed by atoms with Crippen LogP contribution in [0.3, 0.4) is 0 Å². The molecule has 1 aliphatic carbocycles. The van der Waals surface area contributed by atoms with E-state index in [4.69, 9.17) is 10.8 Å². The van der Waals surface area contributed by atoms with Crippen LogP contribution in [-0.2, 0) is 0 Å². The van der Waals surface area contributed by atoms with Crippen LogP contribution >= 0.6 is 0 Å². The second-order valence-electron chi connectivity index (χ2n) is 3.60. The summed E-state index contributed by atoms with van der Waals surface area (Å²) in [5, 5.41) is 55.5. The molecular formula is C7H15NO6. The Morgan fingerprint density at radius 3 is 1.93 bits per heavy atom. The lowest BCUT2D eigenvalue weighted by molar-refractivity contribution is -0.248. The fourth-order valence-electron chi connectivity index (χ4n) is 1.59. The van der Waals surface area contributed by atoms with Gasteiger partial charge in [0.25, 0.3) is 0 Å². The Bertz CT molecular complexity index is 196. The first kappa shape index (κ1) is 11.8. The molecule has 0 aromatic heterocycles. The molecule has 0 saturated heterocycles. The zero-order chi connectivity index (χ0) is 11.1. The van der Waals surface area contributed by atoms with Crippen LogP contribution in [0.1, 0.15) is 0 Å². The van der Waals surface area contributed by atoms with E-state index in [1.54, 1.807) is 0 Å². The Hall–Kier alpha value is -0.280. The van der Waals surface area contributed by atoms with Crippen LogP contribution in [0.15, 0.2) is 0 Å².